The predicted octanol–water partition coefficient (Wildman–Crippen LogP) is 2.72. The van der Waals surface area contributed by atoms with Gasteiger partial charge in [-0.15, -0.1) is 6.42 Å². The molecule has 3 aromatic rings. The Morgan fingerprint density at radius 2 is 1.90 bits per heavy atom. The van der Waals surface area contributed by atoms with E-state index >= 15 is 0 Å². The summed E-state index contributed by atoms with van der Waals surface area (Å²) < 4.78 is 24.7. The molecule has 11 heteroatoms. The van der Waals surface area contributed by atoms with E-state index in [1.54, 1.807) is 32.0 Å². The minimum Gasteiger partial charge on any atom is -0.466 e. The van der Waals surface area contributed by atoms with Crippen LogP contribution in [-0.2, 0) is 25.5 Å². The molecule has 0 spiro atoms. The first kappa shape index (κ1) is 28.8. The van der Waals surface area contributed by atoms with Crippen LogP contribution < -0.4 is 16.2 Å². The smallest absolute Gasteiger partial charge is 0.328 e. The Bertz CT molecular complexity index is 1450. The first-order valence-corrected chi connectivity index (χ1v) is 12.4. The number of anilines is 1. The van der Waals surface area contributed by atoms with E-state index in [2.05, 4.69) is 26.5 Å². The molecule has 0 saturated carbocycles. The third-order valence-corrected chi connectivity index (χ3v) is 5.72. The van der Waals surface area contributed by atoms with Gasteiger partial charge in [0.25, 0.3) is 11.5 Å². The van der Waals surface area contributed by atoms with Crippen LogP contribution in [0.15, 0.2) is 47.5 Å². The summed E-state index contributed by atoms with van der Waals surface area (Å²) in [7, 11) is 0. The highest BCUT2D eigenvalue weighted by Gasteiger charge is 2.25. The molecule has 1 aromatic heterocycles. The number of carbonyl (C=O) groups excluding carboxylic acids is 3. The fourth-order valence-electron chi connectivity index (χ4n) is 3.84. The van der Waals surface area contributed by atoms with Gasteiger partial charge in [-0.25, -0.2) is 14.2 Å². The number of hydrogen-bond acceptors (Lipinski definition) is 8. The van der Waals surface area contributed by atoms with E-state index < -0.39 is 35.7 Å². The maximum absolute atomic E-state index is 14.9. The summed E-state index contributed by atoms with van der Waals surface area (Å²) >= 11 is 0. The van der Waals surface area contributed by atoms with Gasteiger partial charge in [0.15, 0.2) is 0 Å². The highest BCUT2D eigenvalue weighted by molar-refractivity contribution is 5.97. The zero-order chi connectivity index (χ0) is 28.4. The van der Waals surface area contributed by atoms with Gasteiger partial charge in [-0.2, -0.15) is 0 Å². The van der Waals surface area contributed by atoms with Crippen LogP contribution in [0.2, 0.25) is 0 Å². The van der Waals surface area contributed by atoms with Crippen molar-refractivity contribution in [2.45, 2.75) is 45.2 Å². The van der Waals surface area contributed by atoms with Crippen molar-refractivity contribution in [2.75, 3.05) is 18.5 Å². The Morgan fingerprint density at radius 1 is 1.13 bits per heavy atom. The second-order valence-electron chi connectivity index (χ2n) is 8.47. The number of esters is 2. The molecule has 10 nitrogen and oxygen atoms in total. The number of aromatic nitrogens is 2. The molecule has 0 bridgehead atoms. The number of ether oxygens (including phenoxy) is 2. The zero-order valence-electron chi connectivity index (χ0n) is 21.6. The second kappa shape index (κ2) is 13.7. The Morgan fingerprint density at radius 3 is 2.59 bits per heavy atom. The molecule has 0 fully saturated rings. The number of nitrogens with one attached hydrogen (secondary N) is 3. The molecule has 1 heterocycles. The van der Waals surface area contributed by atoms with E-state index in [-0.39, 0.29) is 37.2 Å². The Labute approximate surface area is 224 Å². The molecule has 39 heavy (non-hydrogen) atoms. The number of aromatic amines is 1. The number of nitrogens with zero attached hydrogens (tertiary/aromatic N) is 1. The maximum atomic E-state index is 14.9. The van der Waals surface area contributed by atoms with E-state index in [9.17, 15) is 23.6 Å². The van der Waals surface area contributed by atoms with Gasteiger partial charge < -0.3 is 25.1 Å². The average molecular weight is 537 g/mol. The van der Waals surface area contributed by atoms with Crippen molar-refractivity contribution >= 4 is 34.4 Å². The van der Waals surface area contributed by atoms with E-state index in [0.717, 1.165) is 11.6 Å². The van der Waals surface area contributed by atoms with Crippen molar-refractivity contribution < 1.29 is 28.2 Å². The molecule has 0 aliphatic heterocycles. The van der Waals surface area contributed by atoms with Crippen LogP contribution in [0.1, 0.15) is 42.6 Å². The lowest BCUT2D eigenvalue weighted by atomic mass is 10.0. The normalized spacial score (nSPS) is 12.2. The summed E-state index contributed by atoms with van der Waals surface area (Å²) in [6.45, 7) is 3.51. The monoisotopic (exact) mass is 536 g/mol. The molecule has 1 unspecified atom stereocenters. The fourth-order valence-corrected chi connectivity index (χ4v) is 3.84. The lowest BCUT2D eigenvalue weighted by molar-refractivity contribution is -0.146. The number of halogens is 1. The molecule has 0 aliphatic carbocycles. The van der Waals surface area contributed by atoms with Crippen LogP contribution in [0, 0.1) is 18.2 Å². The summed E-state index contributed by atoms with van der Waals surface area (Å²) in [6.07, 6.45) is 7.15. The topological polar surface area (TPSA) is 139 Å². The first-order valence-electron chi connectivity index (χ1n) is 12.4. The molecule has 0 aliphatic rings. The van der Waals surface area contributed by atoms with Crippen LogP contribution in [-0.4, -0.2) is 53.1 Å². The van der Waals surface area contributed by atoms with Crippen molar-refractivity contribution in [3.63, 3.8) is 0 Å². The van der Waals surface area contributed by atoms with Gasteiger partial charge in [-0.05, 0) is 56.2 Å². The summed E-state index contributed by atoms with van der Waals surface area (Å²) in [5.74, 6) is -0.357. The minimum atomic E-state index is -1.16. The summed E-state index contributed by atoms with van der Waals surface area (Å²) in [5, 5.41) is 5.89. The average Bonchev–Trinajstić information content (AvgIpc) is 2.91. The number of H-pyrrole nitrogens is 1. The second-order valence-corrected chi connectivity index (χ2v) is 8.47. The van der Waals surface area contributed by atoms with Crippen molar-refractivity contribution in [1.82, 2.24) is 15.3 Å². The maximum Gasteiger partial charge on any atom is 0.328 e. The van der Waals surface area contributed by atoms with Gasteiger partial charge in [0, 0.05) is 18.5 Å². The lowest BCUT2D eigenvalue weighted by Crippen LogP contribution is -2.42. The van der Waals surface area contributed by atoms with Gasteiger partial charge in [0.05, 0.1) is 42.0 Å². The van der Waals surface area contributed by atoms with E-state index in [0.29, 0.717) is 23.0 Å². The molecule has 2 aromatic carbocycles. The minimum absolute atomic E-state index is 0.0643. The molecule has 3 N–H and O–H groups in total. The molecular weight excluding hydrogens is 507 g/mol. The number of benzene rings is 2. The number of amides is 1. The van der Waals surface area contributed by atoms with Gasteiger partial charge in [0.2, 0.25) is 0 Å². The molecule has 2 atom stereocenters. The van der Waals surface area contributed by atoms with Crippen LogP contribution in [0.4, 0.5) is 10.1 Å². The van der Waals surface area contributed by atoms with Gasteiger partial charge >= 0.3 is 11.9 Å². The van der Waals surface area contributed by atoms with Crippen LogP contribution in [0.3, 0.4) is 0 Å². The molecule has 0 saturated heterocycles. The summed E-state index contributed by atoms with van der Waals surface area (Å²) in [4.78, 5) is 55.4. The van der Waals surface area contributed by atoms with E-state index in [1.165, 1.54) is 18.5 Å². The van der Waals surface area contributed by atoms with Gasteiger partial charge in [-0.3, -0.25) is 14.4 Å². The summed E-state index contributed by atoms with van der Waals surface area (Å²) in [6, 6.07) is 7.37. The number of hydrogen-bond donors (Lipinski definition) is 3. The first-order chi connectivity index (χ1) is 18.7. The number of carbonyl (C=O) groups is 3. The van der Waals surface area contributed by atoms with Crippen molar-refractivity contribution in [1.29, 1.82) is 0 Å². The fraction of sp³-hybridized carbons (Fsp3) is 0.321. The van der Waals surface area contributed by atoms with Crippen LogP contribution in [0.25, 0.3) is 10.9 Å². The van der Waals surface area contributed by atoms with Crippen molar-refractivity contribution in [3.05, 3.63) is 70.0 Å². The number of fused-ring (bicyclic) bond motifs is 1. The lowest BCUT2D eigenvalue weighted by Gasteiger charge is -2.18. The van der Waals surface area contributed by atoms with Crippen LogP contribution >= 0.6 is 0 Å². The molecule has 3 rings (SSSR count). The van der Waals surface area contributed by atoms with Crippen molar-refractivity contribution in [3.8, 4) is 12.3 Å². The van der Waals surface area contributed by atoms with Crippen molar-refractivity contribution in [2.24, 2.45) is 0 Å². The summed E-state index contributed by atoms with van der Waals surface area (Å²) in [5.41, 5.74) is 1.09. The SMILES string of the molecule is C#CC(Cc1ccc2nc[nH]c(=O)c2c1)Nc1ccc(C(=O)N[C@@H](CCC(=O)OCC)C(=O)OCC)c(F)c1. The van der Waals surface area contributed by atoms with E-state index in [1.807, 2.05) is 0 Å². The Balaban J connectivity index is 1.69. The quantitative estimate of drug-likeness (QED) is 0.237. The predicted molar refractivity (Wildman–Crippen MR) is 142 cm³/mol. The largest absolute Gasteiger partial charge is 0.466 e. The Kier molecular flexibility index (Phi) is 10.1. The standard InChI is InChI=1S/C28H29FN4O6/c1-4-18(13-17-7-10-23-21(14-17)26(35)31-16-30-23)32-19-8-9-20(22(29)15-19)27(36)33-24(28(37)39-6-3)11-12-25(34)38-5-2/h1,7-10,14-16,18,24,32H,5-6,11-13H2,2-3H3,(H,33,36)(H,30,31,35)/t18?,24-/m0/s1. The number of rotatable bonds is 12. The number of terminal acetylenes is 1. The van der Waals surface area contributed by atoms with Gasteiger partial charge in [-0.1, -0.05) is 12.0 Å². The van der Waals surface area contributed by atoms with E-state index in [4.69, 9.17) is 15.9 Å². The molecule has 0 radical (unpaired) electrons. The molecule has 204 valence electrons. The van der Waals surface area contributed by atoms with Gasteiger partial charge in [0.1, 0.15) is 11.9 Å². The zero-order valence-corrected chi connectivity index (χ0v) is 21.6. The molecular formula is C28H29FN4O6. The third-order valence-electron chi connectivity index (χ3n) is 5.72. The highest BCUT2D eigenvalue weighted by Crippen LogP contribution is 2.18. The third kappa shape index (κ3) is 7.88. The highest BCUT2D eigenvalue weighted by atomic mass is 19.1. The Hall–Kier alpha value is -4.72. The van der Waals surface area contributed by atoms with Crippen LogP contribution in [0.5, 0.6) is 0 Å². The molecule has 1 amide bonds.